The van der Waals surface area contributed by atoms with E-state index in [0.717, 1.165) is 64.9 Å². The average Bonchev–Trinajstić information content (AvgIpc) is 3.43. The molecular formula is C24H23N5OS. The maximum Gasteiger partial charge on any atom is 0.264 e. The van der Waals surface area contributed by atoms with Gasteiger partial charge in [0.1, 0.15) is 0 Å². The Morgan fingerprint density at radius 1 is 1.10 bits per heavy atom. The molecule has 6 nitrogen and oxygen atoms in total. The molecule has 4 aromatic rings. The molecule has 7 heteroatoms. The number of carbonyl (C=O) groups excluding carboxylic acids is 1. The summed E-state index contributed by atoms with van der Waals surface area (Å²) in [7, 11) is 0. The maximum absolute atomic E-state index is 13.0. The number of nitrogens with zero attached hydrogens (tertiary/aromatic N) is 3. The smallest absolute Gasteiger partial charge is 0.264 e. The average molecular weight is 430 g/mol. The van der Waals surface area contributed by atoms with E-state index in [4.69, 9.17) is 4.98 Å². The Kier molecular flexibility index (Phi) is 4.58. The van der Waals surface area contributed by atoms with Gasteiger partial charge in [-0.05, 0) is 42.2 Å². The minimum Gasteiger partial charge on any atom is -0.351 e. The molecule has 1 fully saturated rings. The van der Waals surface area contributed by atoms with Crippen molar-refractivity contribution in [3.8, 4) is 0 Å². The van der Waals surface area contributed by atoms with Crippen LogP contribution in [0, 0.1) is 0 Å². The van der Waals surface area contributed by atoms with Gasteiger partial charge in [0, 0.05) is 53.9 Å². The van der Waals surface area contributed by atoms with Gasteiger partial charge in [0.05, 0.1) is 10.4 Å². The quantitative estimate of drug-likeness (QED) is 0.522. The number of carbonyl (C=O) groups is 1. The maximum atomic E-state index is 13.0. The molecule has 6 rings (SSSR count). The number of anilines is 1. The standard InChI is InChI=1S/C24H23N5OS/c30-23(29-9-7-25-8-10-29)21-13-19-20(31-21)6-5-17-14-26-24(28-22(17)19)27-18-11-15-3-1-2-4-16(15)12-18/h1-6,13-14,18,25H,7-12H2,(H,26,27,28). The lowest BCUT2D eigenvalue weighted by Crippen LogP contribution is -2.46. The van der Waals surface area contributed by atoms with E-state index >= 15 is 0 Å². The molecule has 1 aliphatic heterocycles. The van der Waals surface area contributed by atoms with Crippen molar-refractivity contribution >= 4 is 44.2 Å². The summed E-state index contributed by atoms with van der Waals surface area (Å²) in [6, 6.07) is 15.0. The Hall–Kier alpha value is -3.03. The van der Waals surface area contributed by atoms with Crippen LogP contribution in [-0.4, -0.2) is 53.0 Å². The zero-order valence-corrected chi connectivity index (χ0v) is 17.9. The molecule has 1 aliphatic carbocycles. The van der Waals surface area contributed by atoms with E-state index < -0.39 is 0 Å². The van der Waals surface area contributed by atoms with E-state index in [-0.39, 0.29) is 5.91 Å². The minimum atomic E-state index is 0.118. The van der Waals surface area contributed by atoms with Crippen molar-refractivity contribution in [3.63, 3.8) is 0 Å². The molecule has 2 N–H and O–H groups in total. The number of fused-ring (bicyclic) bond motifs is 4. The van der Waals surface area contributed by atoms with Crippen LogP contribution in [0.3, 0.4) is 0 Å². The highest BCUT2D eigenvalue weighted by Crippen LogP contribution is 2.32. The molecule has 31 heavy (non-hydrogen) atoms. The number of thiophene rings is 1. The molecule has 2 aromatic carbocycles. The monoisotopic (exact) mass is 429 g/mol. The van der Waals surface area contributed by atoms with Gasteiger partial charge >= 0.3 is 0 Å². The molecule has 0 bridgehead atoms. The highest BCUT2D eigenvalue weighted by atomic mass is 32.1. The van der Waals surface area contributed by atoms with Crippen LogP contribution in [-0.2, 0) is 12.8 Å². The van der Waals surface area contributed by atoms with E-state index in [9.17, 15) is 4.79 Å². The lowest BCUT2D eigenvalue weighted by Gasteiger charge is -2.26. The Morgan fingerprint density at radius 3 is 2.65 bits per heavy atom. The molecule has 0 spiro atoms. The fraction of sp³-hybridized carbons (Fsp3) is 0.292. The number of piperazine rings is 1. The number of amides is 1. The van der Waals surface area contributed by atoms with Crippen LogP contribution in [0.25, 0.3) is 21.0 Å². The minimum absolute atomic E-state index is 0.118. The van der Waals surface area contributed by atoms with Gasteiger partial charge in [-0.3, -0.25) is 4.79 Å². The van der Waals surface area contributed by atoms with Crippen molar-refractivity contribution in [2.75, 3.05) is 31.5 Å². The summed E-state index contributed by atoms with van der Waals surface area (Å²) < 4.78 is 1.09. The van der Waals surface area contributed by atoms with Gasteiger partial charge in [0.25, 0.3) is 5.91 Å². The molecule has 0 saturated carbocycles. The Balaban J connectivity index is 1.31. The molecule has 0 atom stereocenters. The van der Waals surface area contributed by atoms with Crippen molar-refractivity contribution in [2.24, 2.45) is 0 Å². The second kappa shape index (κ2) is 7.59. The summed E-state index contributed by atoms with van der Waals surface area (Å²) in [5.41, 5.74) is 3.70. The predicted octanol–water partition coefficient (Wildman–Crippen LogP) is 3.47. The van der Waals surface area contributed by atoms with Crippen LogP contribution in [0.2, 0.25) is 0 Å². The van der Waals surface area contributed by atoms with Gasteiger partial charge in [0.15, 0.2) is 0 Å². The molecule has 2 aromatic heterocycles. The van der Waals surface area contributed by atoms with Gasteiger partial charge in [0.2, 0.25) is 5.95 Å². The van der Waals surface area contributed by atoms with Gasteiger partial charge in [-0.15, -0.1) is 11.3 Å². The van der Waals surface area contributed by atoms with Crippen LogP contribution in [0.4, 0.5) is 5.95 Å². The first-order valence-electron chi connectivity index (χ1n) is 10.8. The first-order chi connectivity index (χ1) is 15.2. The van der Waals surface area contributed by atoms with E-state index in [2.05, 4.69) is 45.9 Å². The van der Waals surface area contributed by atoms with Gasteiger partial charge < -0.3 is 15.5 Å². The van der Waals surface area contributed by atoms with Crippen molar-refractivity contribution in [1.29, 1.82) is 0 Å². The fourth-order valence-electron chi connectivity index (χ4n) is 4.65. The number of benzene rings is 2. The third kappa shape index (κ3) is 3.43. The molecule has 156 valence electrons. The Bertz CT molecular complexity index is 1270. The summed E-state index contributed by atoms with van der Waals surface area (Å²) in [6.07, 6.45) is 3.86. The molecule has 3 heterocycles. The molecule has 0 unspecified atom stereocenters. The molecular weight excluding hydrogens is 406 g/mol. The first kappa shape index (κ1) is 18.7. The topological polar surface area (TPSA) is 70.2 Å². The Morgan fingerprint density at radius 2 is 1.87 bits per heavy atom. The lowest BCUT2D eigenvalue weighted by molar-refractivity contribution is 0.0741. The number of aromatic nitrogens is 2. The number of rotatable bonds is 3. The van der Waals surface area contributed by atoms with Gasteiger partial charge in [-0.2, -0.15) is 0 Å². The van der Waals surface area contributed by atoms with Crippen molar-refractivity contribution < 1.29 is 4.79 Å². The lowest BCUT2D eigenvalue weighted by atomic mass is 10.1. The van der Waals surface area contributed by atoms with E-state index in [1.54, 1.807) is 11.3 Å². The van der Waals surface area contributed by atoms with E-state index in [1.165, 1.54) is 11.1 Å². The van der Waals surface area contributed by atoms with Crippen molar-refractivity contribution in [2.45, 2.75) is 18.9 Å². The highest BCUT2D eigenvalue weighted by molar-refractivity contribution is 7.21. The fourth-order valence-corrected chi connectivity index (χ4v) is 5.68. The summed E-state index contributed by atoms with van der Waals surface area (Å²) in [6.45, 7) is 3.22. The largest absolute Gasteiger partial charge is 0.351 e. The van der Waals surface area contributed by atoms with Gasteiger partial charge in [-0.25, -0.2) is 9.97 Å². The second-order valence-corrected chi connectivity index (χ2v) is 9.36. The molecule has 1 saturated heterocycles. The molecule has 1 amide bonds. The molecule has 0 radical (unpaired) electrons. The van der Waals surface area contributed by atoms with Crippen LogP contribution >= 0.6 is 11.3 Å². The van der Waals surface area contributed by atoms with Crippen LogP contribution < -0.4 is 10.6 Å². The zero-order valence-electron chi connectivity index (χ0n) is 17.1. The predicted molar refractivity (Wildman–Crippen MR) is 125 cm³/mol. The second-order valence-electron chi connectivity index (χ2n) is 8.28. The third-order valence-corrected chi connectivity index (χ3v) is 7.33. The van der Waals surface area contributed by atoms with E-state index in [1.807, 2.05) is 23.2 Å². The van der Waals surface area contributed by atoms with Crippen molar-refractivity contribution in [1.82, 2.24) is 20.2 Å². The summed E-state index contributed by atoms with van der Waals surface area (Å²) in [5.74, 6) is 0.769. The Labute approximate surface area is 184 Å². The third-order valence-electron chi connectivity index (χ3n) is 6.25. The zero-order chi connectivity index (χ0) is 20.8. The van der Waals surface area contributed by atoms with Crippen LogP contribution in [0.5, 0.6) is 0 Å². The molecule has 2 aliphatic rings. The number of hydrogen-bond acceptors (Lipinski definition) is 6. The van der Waals surface area contributed by atoms with Crippen LogP contribution in [0.15, 0.2) is 48.7 Å². The van der Waals surface area contributed by atoms with Gasteiger partial charge in [-0.1, -0.05) is 24.3 Å². The number of hydrogen-bond donors (Lipinski definition) is 2. The van der Waals surface area contributed by atoms with Crippen LogP contribution in [0.1, 0.15) is 20.8 Å². The SMILES string of the molecule is O=C(c1cc2c(ccc3cnc(NC4Cc5ccccc5C4)nc32)s1)N1CCNCC1. The summed E-state index contributed by atoms with van der Waals surface area (Å²) in [5, 5.41) is 8.85. The van der Waals surface area contributed by atoms with Crippen molar-refractivity contribution in [3.05, 3.63) is 64.7 Å². The normalized spacial score (nSPS) is 16.7. The summed E-state index contributed by atoms with van der Waals surface area (Å²) in [4.78, 5) is 25.1. The number of nitrogens with one attached hydrogen (secondary N) is 2. The summed E-state index contributed by atoms with van der Waals surface area (Å²) >= 11 is 1.55. The van der Waals surface area contributed by atoms with E-state index in [0.29, 0.717) is 12.0 Å². The first-order valence-corrected chi connectivity index (χ1v) is 11.6. The highest BCUT2D eigenvalue weighted by Gasteiger charge is 2.23.